The van der Waals surface area contributed by atoms with Crippen molar-refractivity contribution in [1.29, 1.82) is 0 Å². The van der Waals surface area contributed by atoms with Crippen molar-refractivity contribution in [3.8, 4) is 11.1 Å². The van der Waals surface area contributed by atoms with Gasteiger partial charge in [0.2, 0.25) is 0 Å². The summed E-state index contributed by atoms with van der Waals surface area (Å²) in [7, 11) is 0. The molecule has 1 unspecified atom stereocenters. The number of carbonyl (C=O) groups excluding carboxylic acids is 1. The molecule has 0 aliphatic rings. The number of benzene rings is 3. The van der Waals surface area contributed by atoms with Crippen molar-refractivity contribution >= 4 is 5.97 Å². The van der Waals surface area contributed by atoms with Crippen molar-refractivity contribution < 1.29 is 9.53 Å². The van der Waals surface area contributed by atoms with Crippen LogP contribution in [-0.2, 0) is 11.2 Å². The first kappa shape index (κ1) is 17.9. The number of hydrogen-bond donors (Lipinski definition) is 0. The second kappa shape index (κ2) is 8.48. The third-order valence-corrected chi connectivity index (χ3v) is 4.61. The summed E-state index contributed by atoms with van der Waals surface area (Å²) in [5, 5.41) is 0. The normalized spacial score (nSPS) is 11.8. The first-order valence-electron chi connectivity index (χ1n) is 9.16. The van der Waals surface area contributed by atoms with Crippen molar-refractivity contribution in [3.63, 3.8) is 0 Å². The predicted octanol–water partition coefficient (Wildman–Crippen LogP) is 6.22. The van der Waals surface area contributed by atoms with Crippen molar-refractivity contribution in [2.45, 2.75) is 32.8 Å². The standard InChI is InChI=1S/C24H24O2/c1-3-18-10-12-19(13-11-18)20-14-16-22(17-15-20)24(25)26-23(4-2)21-8-6-5-7-9-21/h5-17,23H,3-4H2,1-2H3. The summed E-state index contributed by atoms with van der Waals surface area (Å²) < 4.78 is 5.71. The van der Waals surface area contributed by atoms with E-state index < -0.39 is 0 Å². The van der Waals surface area contributed by atoms with Crippen LogP contribution in [0.1, 0.15) is 47.9 Å². The van der Waals surface area contributed by atoms with Crippen LogP contribution < -0.4 is 0 Å². The lowest BCUT2D eigenvalue weighted by atomic mass is 10.0. The van der Waals surface area contributed by atoms with Gasteiger partial charge in [-0.2, -0.15) is 0 Å². The molecule has 3 aromatic rings. The van der Waals surface area contributed by atoms with Crippen LogP contribution in [0, 0.1) is 0 Å². The van der Waals surface area contributed by atoms with Crippen molar-refractivity contribution in [2.24, 2.45) is 0 Å². The van der Waals surface area contributed by atoms with Gasteiger partial charge in [-0.15, -0.1) is 0 Å². The topological polar surface area (TPSA) is 26.3 Å². The summed E-state index contributed by atoms with van der Waals surface area (Å²) >= 11 is 0. The molecule has 0 N–H and O–H groups in total. The van der Waals surface area contributed by atoms with Crippen LogP contribution in [0.3, 0.4) is 0 Å². The average Bonchev–Trinajstić information content (AvgIpc) is 2.72. The van der Waals surface area contributed by atoms with Crippen LogP contribution in [0.4, 0.5) is 0 Å². The van der Waals surface area contributed by atoms with Crippen LogP contribution in [0.15, 0.2) is 78.9 Å². The summed E-state index contributed by atoms with van der Waals surface area (Å²) in [6.45, 7) is 4.17. The second-order valence-electron chi connectivity index (χ2n) is 6.34. The van der Waals surface area contributed by atoms with E-state index in [0.717, 1.165) is 29.5 Å². The predicted molar refractivity (Wildman–Crippen MR) is 106 cm³/mol. The molecule has 0 radical (unpaired) electrons. The zero-order valence-electron chi connectivity index (χ0n) is 15.3. The zero-order chi connectivity index (χ0) is 18.4. The van der Waals surface area contributed by atoms with Crippen molar-refractivity contribution in [1.82, 2.24) is 0 Å². The van der Waals surface area contributed by atoms with Crippen LogP contribution >= 0.6 is 0 Å². The molecule has 0 spiro atoms. The Morgan fingerprint density at radius 1 is 0.808 bits per heavy atom. The van der Waals surface area contributed by atoms with Gasteiger partial charge in [-0.25, -0.2) is 4.79 Å². The molecular weight excluding hydrogens is 320 g/mol. The number of hydrogen-bond acceptors (Lipinski definition) is 2. The summed E-state index contributed by atoms with van der Waals surface area (Å²) in [6.07, 6.45) is 1.56. The zero-order valence-corrected chi connectivity index (χ0v) is 15.3. The summed E-state index contributed by atoms with van der Waals surface area (Å²) in [5.41, 5.74) is 5.17. The van der Waals surface area contributed by atoms with E-state index in [-0.39, 0.29) is 12.1 Å². The fourth-order valence-electron chi connectivity index (χ4n) is 2.98. The minimum Gasteiger partial charge on any atom is -0.454 e. The molecular formula is C24H24O2. The van der Waals surface area contributed by atoms with Crippen molar-refractivity contribution in [2.75, 3.05) is 0 Å². The number of esters is 1. The van der Waals surface area contributed by atoms with Crippen LogP contribution in [0.25, 0.3) is 11.1 Å². The molecule has 26 heavy (non-hydrogen) atoms. The molecule has 0 saturated heterocycles. The Morgan fingerprint density at radius 3 is 1.92 bits per heavy atom. The Kier molecular flexibility index (Phi) is 5.85. The monoisotopic (exact) mass is 344 g/mol. The van der Waals surface area contributed by atoms with Gasteiger partial charge in [0.05, 0.1) is 5.56 Å². The highest BCUT2D eigenvalue weighted by atomic mass is 16.5. The summed E-state index contributed by atoms with van der Waals surface area (Å²) in [4.78, 5) is 12.5. The lowest BCUT2D eigenvalue weighted by Crippen LogP contribution is -2.11. The molecule has 0 saturated carbocycles. The Morgan fingerprint density at radius 2 is 1.38 bits per heavy atom. The molecule has 0 heterocycles. The SMILES string of the molecule is CCc1ccc(-c2ccc(C(=O)OC(CC)c3ccccc3)cc2)cc1. The van der Waals surface area contributed by atoms with E-state index >= 15 is 0 Å². The summed E-state index contributed by atoms with van der Waals surface area (Å²) in [5.74, 6) is -0.284. The van der Waals surface area contributed by atoms with Crippen LogP contribution in [-0.4, -0.2) is 5.97 Å². The van der Waals surface area contributed by atoms with Gasteiger partial charge in [0.1, 0.15) is 6.10 Å². The van der Waals surface area contributed by atoms with Gasteiger partial charge in [0.15, 0.2) is 0 Å². The maximum atomic E-state index is 12.5. The highest BCUT2D eigenvalue weighted by Gasteiger charge is 2.16. The Hall–Kier alpha value is -2.87. The molecule has 0 aliphatic heterocycles. The maximum absolute atomic E-state index is 12.5. The van der Waals surface area contributed by atoms with Crippen LogP contribution in [0.5, 0.6) is 0 Å². The molecule has 0 amide bonds. The Balaban J connectivity index is 1.72. The molecule has 0 fully saturated rings. The minimum atomic E-state index is -0.284. The molecule has 3 aromatic carbocycles. The highest BCUT2D eigenvalue weighted by molar-refractivity contribution is 5.90. The van der Waals surface area contributed by atoms with E-state index in [1.54, 1.807) is 0 Å². The van der Waals surface area contributed by atoms with E-state index in [9.17, 15) is 4.79 Å². The van der Waals surface area contributed by atoms with E-state index in [0.29, 0.717) is 5.56 Å². The molecule has 0 aromatic heterocycles. The Bertz CT molecular complexity index is 834. The van der Waals surface area contributed by atoms with E-state index in [4.69, 9.17) is 4.74 Å². The van der Waals surface area contributed by atoms with E-state index in [1.165, 1.54) is 5.56 Å². The van der Waals surface area contributed by atoms with Gasteiger partial charge in [-0.05, 0) is 47.2 Å². The minimum absolute atomic E-state index is 0.218. The number of rotatable bonds is 6. The highest BCUT2D eigenvalue weighted by Crippen LogP contribution is 2.24. The van der Waals surface area contributed by atoms with E-state index in [2.05, 4.69) is 31.2 Å². The number of aryl methyl sites for hydroxylation is 1. The largest absolute Gasteiger partial charge is 0.454 e. The lowest BCUT2D eigenvalue weighted by Gasteiger charge is -2.16. The van der Waals surface area contributed by atoms with Crippen LogP contribution in [0.2, 0.25) is 0 Å². The van der Waals surface area contributed by atoms with Gasteiger partial charge in [0, 0.05) is 0 Å². The summed E-state index contributed by atoms with van der Waals surface area (Å²) in [6, 6.07) is 26.0. The first-order valence-corrected chi connectivity index (χ1v) is 9.16. The first-order chi connectivity index (χ1) is 12.7. The Labute approximate surface area is 155 Å². The van der Waals surface area contributed by atoms with Gasteiger partial charge in [-0.1, -0.05) is 80.6 Å². The van der Waals surface area contributed by atoms with Crippen molar-refractivity contribution in [3.05, 3.63) is 95.6 Å². The molecule has 0 bridgehead atoms. The molecule has 3 rings (SSSR count). The molecule has 0 aliphatic carbocycles. The van der Waals surface area contributed by atoms with E-state index in [1.807, 2.05) is 61.5 Å². The lowest BCUT2D eigenvalue weighted by molar-refractivity contribution is 0.0288. The molecule has 132 valence electrons. The van der Waals surface area contributed by atoms with Gasteiger partial charge < -0.3 is 4.74 Å². The fourth-order valence-corrected chi connectivity index (χ4v) is 2.98. The van der Waals surface area contributed by atoms with Gasteiger partial charge in [-0.3, -0.25) is 0 Å². The molecule has 1 atom stereocenters. The van der Waals surface area contributed by atoms with Gasteiger partial charge in [0.25, 0.3) is 0 Å². The number of ether oxygens (including phenoxy) is 1. The quantitative estimate of drug-likeness (QED) is 0.496. The molecule has 2 heteroatoms. The third-order valence-electron chi connectivity index (χ3n) is 4.61. The average molecular weight is 344 g/mol. The third kappa shape index (κ3) is 4.20. The number of carbonyl (C=O) groups is 1. The molecule has 2 nitrogen and oxygen atoms in total. The fraction of sp³-hybridized carbons (Fsp3) is 0.208. The maximum Gasteiger partial charge on any atom is 0.338 e. The van der Waals surface area contributed by atoms with Gasteiger partial charge >= 0.3 is 5.97 Å². The second-order valence-corrected chi connectivity index (χ2v) is 6.34. The smallest absolute Gasteiger partial charge is 0.338 e.